The van der Waals surface area contributed by atoms with Crippen molar-refractivity contribution in [3.63, 3.8) is 0 Å². The minimum Gasteiger partial charge on any atom is -0.744 e. The molecule has 2 rings (SSSR count). The summed E-state index contributed by atoms with van der Waals surface area (Å²) in [6, 6.07) is 16.3. The van der Waals surface area contributed by atoms with Gasteiger partial charge in [-0.2, -0.15) is 0 Å². The highest BCUT2D eigenvalue weighted by Gasteiger charge is 2.05. The lowest BCUT2D eigenvalue weighted by Gasteiger charge is -2.05. The molecule has 0 fully saturated rings. The molecule has 0 radical (unpaired) electrons. The standard InChI is InChI=1S/C11H12I.C7H8O3S/c1-10(2)8-9-12-11-6-4-3-5-7-11;1-6-2-4-7(5-3-6)11(8,9)10/h3-7,10H,1-2H3;2-5H,1H3,(H,8,9,10)/q+1;/p-1. The summed E-state index contributed by atoms with van der Waals surface area (Å²) in [4.78, 5) is -0.178. The van der Waals surface area contributed by atoms with Crippen LogP contribution in [0.5, 0.6) is 0 Å². The Hall–Kier alpha value is -1.36. The molecule has 0 aromatic heterocycles. The molecule has 0 unspecified atom stereocenters. The van der Waals surface area contributed by atoms with Gasteiger partial charge in [-0.05, 0) is 37.1 Å². The lowest BCUT2D eigenvalue weighted by Crippen LogP contribution is -3.59. The molecule has 0 saturated heterocycles. The van der Waals surface area contributed by atoms with E-state index in [0.717, 1.165) is 5.56 Å². The van der Waals surface area contributed by atoms with Gasteiger partial charge in [0.15, 0.2) is 3.93 Å². The number of hydrogen-bond donors (Lipinski definition) is 0. The highest BCUT2D eigenvalue weighted by molar-refractivity contribution is 7.85. The van der Waals surface area contributed by atoms with E-state index in [1.807, 2.05) is 13.0 Å². The quantitative estimate of drug-likeness (QED) is 0.386. The maximum atomic E-state index is 10.4. The fourth-order valence-electron chi connectivity index (χ4n) is 1.37. The molecule has 0 amide bonds. The Balaban J connectivity index is 0.000000231. The molecule has 0 atom stereocenters. The number of benzene rings is 2. The van der Waals surface area contributed by atoms with Gasteiger partial charge in [-0.15, -0.1) is 0 Å². The predicted molar refractivity (Wildman–Crippen MR) is 86.9 cm³/mol. The van der Waals surface area contributed by atoms with Gasteiger partial charge < -0.3 is 4.55 Å². The number of aryl methyl sites for hydroxylation is 1. The Bertz CT molecular complexity index is 755. The molecule has 0 aliphatic carbocycles. The van der Waals surface area contributed by atoms with Crippen molar-refractivity contribution in [3.8, 4) is 9.85 Å². The summed E-state index contributed by atoms with van der Waals surface area (Å²) in [7, 11) is -4.27. The zero-order chi connectivity index (χ0) is 17.3. The van der Waals surface area contributed by atoms with E-state index in [9.17, 15) is 13.0 Å². The van der Waals surface area contributed by atoms with Crippen molar-refractivity contribution >= 4 is 10.1 Å². The van der Waals surface area contributed by atoms with Crippen LogP contribution < -0.4 is 21.2 Å². The van der Waals surface area contributed by atoms with E-state index in [1.54, 1.807) is 12.1 Å². The van der Waals surface area contributed by atoms with Crippen LogP contribution in [0.2, 0.25) is 0 Å². The molecule has 0 bridgehead atoms. The lowest BCUT2D eigenvalue weighted by molar-refractivity contribution is -0.535. The van der Waals surface area contributed by atoms with E-state index in [1.165, 1.54) is 15.7 Å². The second kappa shape index (κ2) is 9.71. The molecular formula is C18H19IO3S. The summed E-state index contributed by atoms with van der Waals surface area (Å²) in [5, 5.41) is 0. The van der Waals surface area contributed by atoms with Crippen LogP contribution in [-0.4, -0.2) is 13.0 Å². The summed E-state index contributed by atoms with van der Waals surface area (Å²) < 4.78 is 35.8. The first-order chi connectivity index (χ1) is 10.8. The molecule has 0 saturated carbocycles. The molecule has 0 aliphatic rings. The van der Waals surface area contributed by atoms with Gasteiger partial charge in [0.25, 0.3) is 0 Å². The summed E-state index contributed by atoms with van der Waals surface area (Å²) in [6.45, 7) is 6.07. The van der Waals surface area contributed by atoms with Crippen LogP contribution in [0.25, 0.3) is 0 Å². The van der Waals surface area contributed by atoms with Gasteiger partial charge in [0.05, 0.1) is 4.90 Å². The normalized spacial score (nSPS) is 10.3. The molecule has 0 spiro atoms. The van der Waals surface area contributed by atoms with E-state index in [0.29, 0.717) is 5.92 Å². The zero-order valence-electron chi connectivity index (χ0n) is 13.3. The monoisotopic (exact) mass is 442 g/mol. The molecule has 2 aromatic rings. The highest BCUT2D eigenvalue weighted by atomic mass is 127. The summed E-state index contributed by atoms with van der Waals surface area (Å²) in [5.74, 6) is 3.70. The SMILES string of the molecule is CC(C)C#C[I+]c1ccccc1.Cc1ccc(S(=O)(=O)[O-])cc1. The maximum absolute atomic E-state index is 10.4. The lowest BCUT2D eigenvalue weighted by atomic mass is 10.2. The summed E-state index contributed by atoms with van der Waals surface area (Å²) >= 11 is -0.0679. The topological polar surface area (TPSA) is 57.2 Å². The van der Waals surface area contributed by atoms with Crippen molar-refractivity contribution in [1.82, 2.24) is 0 Å². The fraction of sp³-hybridized carbons (Fsp3) is 0.222. The smallest absolute Gasteiger partial charge is 0.419 e. The molecule has 2 aromatic carbocycles. The van der Waals surface area contributed by atoms with Crippen LogP contribution in [0, 0.1) is 26.3 Å². The Morgan fingerprint density at radius 2 is 1.57 bits per heavy atom. The van der Waals surface area contributed by atoms with Crippen molar-refractivity contribution in [2.24, 2.45) is 5.92 Å². The van der Waals surface area contributed by atoms with E-state index < -0.39 is 10.1 Å². The Kier molecular flexibility index (Phi) is 8.31. The van der Waals surface area contributed by atoms with E-state index in [4.69, 9.17) is 0 Å². The van der Waals surface area contributed by atoms with Crippen molar-refractivity contribution < 1.29 is 34.2 Å². The van der Waals surface area contributed by atoms with Gasteiger partial charge in [-0.3, -0.25) is 0 Å². The first kappa shape index (κ1) is 19.7. The van der Waals surface area contributed by atoms with Crippen LogP contribution in [0.3, 0.4) is 0 Å². The van der Waals surface area contributed by atoms with Crippen molar-refractivity contribution in [3.05, 3.63) is 63.7 Å². The number of hydrogen-bond acceptors (Lipinski definition) is 3. The van der Waals surface area contributed by atoms with Crippen molar-refractivity contribution in [2.45, 2.75) is 25.7 Å². The third kappa shape index (κ3) is 8.74. The van der Waals surface area contributed by atoms with E-state index in [-0.39, 0.29) is 26.1 Å². The first-order valence-electron chi connectivity index (χ1n) is 7.01. The zero-order valence-corrected chi connectivity index (χ0v) is 16.3. The minimum absolute atomic E-state index is 0.0679. The van der Waals surface area contributed by atoms with Crippen LogP contribution in [-0.2, 0) is 10.1 Å². The molecule has 0 N–H and O–H groups in total. The van der Waals surface area contributed by atoms with Gasteiger partial charge in [0.1, 0.15) is 10.1 Å². The van der Waals surface area contributed by atoms with Gasteiger partial charge in [0, 0.05) is 5.92 Å². The molecule has 3 nitrogen and oxygen atoms in total. The van der Waals surface area contributed by atoms with Crippen molar-refractivity contribution in [1.29, 1.82) is 0 Å². The second-order valence-electron chi connectivity index (χ2n) is 5.05. The maximum Gasteiger partial charge on any atom is 0.419 e. The summed E-state index contributed by atoms with van der Waals surface area (Å²) in [6.07, 6.45) is 0. The molecule has 0 heterocycles. The Morgan fingerprint density at radius 1 is 1.00 bits per heavy atom. The molecule has 0 aliphatic heterocycles. The molecule has 122 valence electrons. The number of rotatable bonds is 2. The average Bonchev–Trinajstić information content (AvgIpc) is 2.48. The van der Waals surface area contributed by atoms with Crippen LogP contribution >= 0.6 is 0 Å². The van der Waals surface area contributed by atoms with Crippen molar-refractivity contribution in [2.75, 3.05) is 0 Å². The molecular weight excluding hydrogens is 423 g/mol. The Morgan fingerprint density at radius 3 is 2.04 bits per heavy atom. The second-order valence-corrected chi connectivity index (χ2v) is 8.75. The Labute approximate surface area is 149 Å². The number of halogens is 1. The van der Waals surface area contributed by atoms with Gasteiger partial charge in [-0.25, -0.2) is 8.42 Å². The minimum atomic E-state index is -4.27. The van der Waals surface area contributed by atoms with Crippen LogP contribution in [0.1, 0.15) is 19.4 Å². The van der Waals surface area contributed by atoms with Gasteiger partial charge in [0.2, 0.25) is 3.57 Å². The predicted octanol–water partition coefficient (Wildman–Crippen LogP) is 0.461. The summed E-state index contributed by atoms with van der Waals surface area (Å²) in [5.41, 5.74) is 0.928. The van der Waals surface area contributed by atoms with Crippen LogP contribution in [0.15, 0.2) is 59.5 Å². The molecule has 23 heavy (non-hydrogen) atoms. The average molecular weight is 442 g/mol. The van der Waals surface area contributed by atoms with E-state index >= 15 is 0 Å². The third-order valence-electron chi connectivity index (χ3n) is 2.54. The largest absolute Gasteiger partial charge is 0.744 e. The highest BCUT2D eigenvalue weighted by Crippen LogP contribution is 2.08. The fourth-order valence-corrected chi connectivity index (χ4v) is 3.71. The van der Waals surface area contributed by atoms with Gasteiger partial charge in [-0.1, -0.05) is 49.7 Å². The van der Waals surface area contributed by atoms with Gasteiger partial charge >= 0.3 is 21.2 Å². The third-order valence-corrected chi connectivity index (χ3v) is 5.31. The molecule has 5 heteroatoms. The van der Waals surface area contributed by atoms with E-state index in [2.05, 4.69) is 48.0 Å². The van der Waals surface area contributed by atoms with Crippen LogP contribution in [0.4, 0.5) is 0 Å². The first-order valence-corrected chi connectivity index (χ1v) is 10.6.